The van der Waals surface area contributed by atoms with Crippen molar-refractivity contribution in [3.8, 4) is 0 Å². The number of ether oxygens (including phenoxy) is 1. The summed E-state index contributed by atoms with van der Waals surface area (Å²) in [5.41, 5.74) is 7.76. The number of likely N-dealkylation sites (tertiary alicyclic amines) is 2. The summed E-state index contributed by atoms with van der Waals surface area (Å²) >= 11 is 0. The van der Waals surface area contributed by atoms with Crippen LogP contribution in [0.15, 0.2) is 24.3 Å². The van der Waals surface area contributed by atoms with Gasteiger partial charge >= 0.3 is 0 Å². The molecule has 1 aromatic rings. The van der Waals surface area contributed by atoms with E-state index in [4.69, 9.17) is 10.5 Å². The number of carbonyl (C=O) groups excluding carboxylic acids is 2. The predicted octanol–water partition coefficient (Wildman–Crippen LogP) is 1.84. The van der Waals surface area contributed by atoms with E-state index in [0.717, 1.165) is 24.8 Å². The van der Waals surface area contributed by atoms with E-state index in [-0.39, 0.29) is 24.0 Å². The third kappa shape index (κ3) is 5.08. The molecule has 2 aliphatic rings. The quantitative estimate of drug-likeness (QED) is 0.740. The average Bonchev–Trinajstić information content (AvgIpc) is 3.04. The highest BCUT2D eigenvalue weighted by atomic mass is 16.5. The molecule has 6 heteroatoms. The molecule has 2 amide bonds. The normalized spacial score (nSPS) is 21.1. The molecule has 2 saturated heterocycles. The summed E-state index contributed by atoms with van der Waals surface area (Å²) in [5, 5.41) is 0. The summed E-state index contributed by atoms with van der Waals surface area (Å²) in [7, 11) is 0. The summed E-state index contributed by atoms with van der Waals surface area (Å²) in [4.78, 5) is 29.1. The third-order valence-corrected chi connectivity index (χ3v) is 5.54. The van der Waals surface area contributed by atoms with Gasteiger partial charge in [0.2, 0.25) is 11.8 Å². The maximum Gasteiger partial charge on any atom is 0.245 e. The van der Waals surface area contributed by atoms with E-state index in [2.05, 4.69) is 0 Å². The van der Waals surface area contributed by atoms with Gasteiger partial charge in [0, 0.05) is 32.7 Å². The fraction of sp³-hybridized carbons (Fsp3) is 0.619. The van der Waals surface area contributed by atoms with E-state index >= 15 is 0 Å². The van der Waals surface area contributed by atoms with Crippen LogP contribution in [-0.2, 0) is 20.9 Å². The van der Waals surface area contributed by atoms with Crippen LogP contribution < -0.4 is 5.73 Å². The number of aryl methyl sites for hydroxylation is 1. The van der Waals surface area contributed by atoms with Gasteiger partial charge in [-0.15, -0.1) is 0 Å². The largest absolute Gasteiger partial charge is 0.378 e. The van der Waals surface area contributed by atoms with Gasteiger partial charge in [0.05, 0.1) is 6.10 Å². The van der Waals surface area contributed by atoms with Crippen LogP contribution in [-0.4, -0.2) is 60.0 Å². The molecular weight excluding hydrogens is 342 g/mol. The molecule has 2 heterocycles. The van der Waals surface area contributed by atoms with Gasteiger partial charge in [-0.2, -0.15) is 0 Å². The smallest absolute Gasteiger partial charge is 0.245 e. The molecule has 3 rings (SSSR count). The summed E-state index contributed by atoms with van der Waals surface area (Å²) in [6, 6.07) is 7.83. The minimum absolute atomic E-state index is 0.0777. The van der Waals surface area contributed by atoms with Gasteiger partial charge in [-0.05, 0) is 44.7 Å². The SMILES string of the molecule is Cc1ccc(CN2C(=O)CCC2C(=O)N2CCC(OCCCN)CC2)cc1. The number of nitrogens with two attached hydrogens (primary N) is 1. The molecule has 0 saturated carbocycles. The number of nitrogens with zero attached hydrogens (tertiary/aromatic N) is 2. The molecule has 27 heavy (non-hydrogen) atoms. The summed E-state index contributed by atoms with van der Waals surface area (Å²) < 4.78 is 5.82. The lowest BCUT2D eigenvalue weighted by atomic mass is 10.1. The molecule has 0 aliphatic carbocycles. The molecular formula is C21H31N3O3. The lowest BCUT2D eigenvalue weighted by Gasteiger charge is -2.35. The molecule has 1 atom stereocenters. The predicted molar refractivity (Wildman–Crippen MR) is 104 cm³/mol. The highest BCUT2D eigenvalue weighted by Gasteiger charge is 2.39. The molecule has 0 spiro atoms. The van der Waals surface area contributed by atoms with Gasteiger partial charge in [0.25, 0.3) is 0 Å². The summed E-state index contributed by atoms with van der Waals surface area (Å²) in [6.07, 6.45) is 3.88. The molecule has 1 unspecified atom stereocenters. The van der Waals surface area contributed by atoms with Crippen LogP contribution >= 0.6 is 0 Å². The van der Waals surface area contributed by atoms with Crippen molar-refractivity contribution in [3.05, 3.63) is 35.4 Å². The second kappa shape index (κ2) is 9.33. The molecule has 2 fully saturated rings. The van der Waals surface area contributed by atoms with Crippen LogP contribution in [0.4, 0.5) is 0 Å². The summed E-state index contributed by atoms with van der Waals surface area (Å²) in [6.45, 7) is 5.29. The van der Waals surface area contributed by atoms with E-state index in [0.29, 0.717) is 45.6 Å². The zero-order valence-electron chi connectivity index (χ0n) is 16.2. The number of carbonyl (C=O) groups is 2. The van der Waals surface area contributed by atoms with E-state index in [1.807, 2.05) is 36.1 Å². The lowest BCUT2D eigenvalue weighted by Crippen LogP contribution is -2.49. The first-order valence-corrected chi connectivity index (χ1v) is 10.0. The highest BCUT2D eigenvalue weighted by Crippen LogP contribution is 2.25. The van der Waals surface area contributed by atoms with Crippen molar-refractivity contribution in [2.45, 2.75) is 57.7 Å². The van der Waals surface area contributed by atoms with Gasteiger partial charge in [-0.3, -0.25) is 9.59 Å². The molecule has 2 aliphatic heterocycles. The number of hydrogen-bond acceptors (Lipinski definition) is 4. The Hall–Kier alpha value is -1.92. The van der Waals surface area contributed by atoms with Gasteiger partial charge in [0.1, 0.15) is 6.04 Å². The second-order valence-corrected chi connectivity index (χ2v) is 7.60. The minimum Gasteiger partial charge on any atom is -0.378 e. The summed E-state index contributed by atoms with van der Waals surface area (Å²) in [5.74, 6) is 0.169. The van der Waals surface area contributed by atoms with Crippen molar-refractivity contribution >= 4 is 11.8 Å². The molecule has 0 radical (unpaired) electrons. The van der Waals surface area contributed by atoms with Crippen molar-refractivity contribution in [2.75, 3.05) is 26.2 Å². The molecule has 1 aromatic carbocycles. The monoisotopic (exact) mass is 373 g/mol. The van der Waals surface area contributed by atoms with Crippen molar-refractivity contribution < 1.29 is 14.3 Å². The standard InChI is InChI=1S/C21H31N3O3/c1-16-3-5-17(6-4-16)15-24-19(7-8-20(24)25)21(26)23-12-9-18(10-13-23)27-14-2-11-22/h3-6,18-19H,2,7-15,22H2,1H3. The number of hydrogen-bond donors (Lipinski definition) is 1. The van der Waals surface area contributed by atoms with E-state index < -0.39 is 0 Å². The molecule has 2 N–H and O–H groups in total. The Kier molecular flexibility index (Phi) is 6.85. The van der Waals surface area contributed by atoms with Crippen LogP contribution in [0.25, 0.3) is 0 Å². The average molecular weight is 373 g/mol. The van der Waals surface area contributed by atoms with Crippen molar-refractivity contribution in [2.24, 2.45) is 5.73 Å². The highest BCUT2D eigenvalue weighted by molar-refractivity contribution is 5.91. The van der Waals surface area contributed by atoms with Gasteiger partial charge in [-0.1, -0.05) is 29.8 Å². The Morgan fingerprint density at radius 2 is 1.89 bits per heavy atom. The van der Waals surface area contributed by atoms with Crippen LogP contribution in [0.1, 0.15) is 43.2 Å². The number of benzene rings is 1. The molecule has 0 bridgehead atoms. The zero-order chi connectivity index (χ0) is 19.2. The Bertz CT molecular complexity index is 639. The fourth-order valence-corrected chi connectivity index (χ4v) is 3.87. The molecule has 148 valence electrons. The first-order valence-electron chi connectivity index (χ1n) is 10.0. The first kappa shape index (κ1) is 19.8. The first-order chi connectivity index (χ1) is 13.1. The van der Waals surface area contributed by atoms with E-state index in [9.17, 15) is 9.59 Å². The molecule has 0 aromatic heterocycles. The maximum absolute atomic E-state index is 13.0. The van der Waals surface area contributed by atoms with Crippen LogP contribution in [0, 0.1) is 6.92 Å². The minimum atomic E-state index is -0.325. The third-order valence-electron chi connectivity index (χ3n) is 5.54. The van der Waals surface area contributed by atoms with Crippen molar-refractivity contribution in [1.29, 1.82) is 0 Å². The van der Waals surface area contributed by atoms with E-state index in [1.165, 1.54) is 5.56 Å². The topological polar surface area (TPSA) is 75.9 Å². The van der Waals surface area contributed by atoms with Crippen molar-refractivity contribution in [3.63, 3.8) is 0 Å². The Morgan fingerprint density at radius 3 is 2.56 bits per heavy atom. The fourth-order valence-electron chi connectivity index (χ4n) is 3.87. The van der Waals surface area contributed by atoms with Gasteiger partial charge < -0.3 is 20.3 Å². The van der Waals surface area contributed by atoms with Gasteiger partial charge in [-0.25, -0.2) is 0 Å². The second-order valence-electron chi connectivity index (χ2n) is 7.60. The maximum atomic E-state index is 13.0. The Balaban J connectivity index is 1.55. The Morgan fingerprint density at radius 1 is 1.19 bits per heavy atom. The van der Waals surface area contributed by atoms with Gasteiger partial charge in [0.15, 0.2) is 0 Å². The van der Waals surface area contributed by atoms with E-state index in [1.54, 1.807) is 4.90 Å². The number of rotatable bonds is 7. The number of piperidine rings is 1. The van der Waals surface area contributed by atoms with Crippen LogP contribution in [0.3, 0.4) is 0 Å². The van der Waals surface area contributed by atoms with Crippen LogP contribution in [0.5, 0.6) is 0 Å². The molecule has 6 nitrogen and oxygen atoms in total. The zero-order valence-corrected chi connectivity index (χ0v) is 16.2. The van der Waals surface area contributed by atoms with Crippen LogP contribution in [0.2, 0.25) is 0 Å². The lowest BCUT2D eigenvalue weighted by molar-refractivity contribution is -0.143. The Labute approximate surface area is 161 Å². The number of amides is 2. The van der Waals surface area contributed by atoms with Crippen molar-refractivity contribution in [1.82, 2.24) is 9.80 Å².